The Bertz CT molecular complexity index is 694. The van der Waals surface area contributed by atoms with Crippen molar-refractivity contribution >= 4 is 45.5 Å². The summed E-state index contributed by atoms with van der Waals surface area (Å²) in [5, 5.41) is 0. The Morgan fingerprint density at radius 3 is 2.90 bits per heavy atom. The molecule has 2 aromatic heterocycles. The van der Waals surface area contributed by atoms with Gasteiger partial charge in [0.2, 0.25) is 0 Å². The second kappa shape index (κ2) is 6.31. The van der Waals surface area contributed by atoms with Crippen molar-refractivity contribution in [3.05, 3.63) is 23.6 Å². The molecule has 0 saturated heterocycles. The minimum atomic E-state index is -0.327. The average molecular weight is 308 g/mol. The van der Waals surface area contributed by atoms with Gasteiger partial charge >= 0.3 is 5.97 Å². The van der Waals surface area contributed by atoms with Crippen LogP contribution in [0, 0.1) is 0 Å². The van der Waals surface area contributed by atoms with E-state index >= 15 is 0 Å². The second-order valence-electron chi connectivity index (χ2n) is 3.91. The summed E-state index contributed by atoms with van der Waals surface area (Å²) < 4.78 is 9.01. The van der Waals surface area contributed by atoms with Crippen LogP contribution in [0.25, 0.3) is 16.4 Å². The molecule has 0 aromatic carbocycles. The standard InChI is InChI=1S/C14H16N2O2S2/c1-5-8-9-10(13(17)18-7-3)16(6-2)12-11(9)20-14(15-12)19-4/h8H,1,6-7H2,2-4H3. The van der Waals surface area contributed by atoms with Crippen molar-refractivity contribution in [2.45, 2.75) is 24.7 Å². The highest BCUT2D eigenvalue weighted by atomic mass is 32.2. The molecular weight excluding hydrogens is 292 g/mol. The fourth-order valence-corrected chi connectivity index (χ4v) is 3.64. The predicted molar refractivity (Wildman–Crippen MR) is 84.6 cm³/mol. The van der Waals surface area contributed by atoms with E-state index in [0.717, 1.165) is 20.3 Å². The summed E-state index contributed by atoms with van der Waals surface area (Å²) in [6, 6.07) is 0. The SMILES string of the molecule is C=C=Cc1c(C(=O)OCC)n(CC)c2nc(SC)sc12. The average Bonchev–Trinajstić information content (AvgIpc) is 2.96. The Hall–Kier alpha value is -1.49. The van der Waals surface area contributed by atoms with Crippen LogP contribution in [0.4, 0.5) is 0 Å². The summed E-state index contributed by atoms with van der Waals surface area (Å²) in [4.78, 5) is 16.8. The normalized spacial score (nSPS) is 10.6. The Balaban J connectivity index is 2.76. The number of esters is 1. The molecule has 2 aromatic rings. The van der Waals surface area contributed by atoms with Crippen LogP contribution in [0.1, 0.15) is 29.9 Å². The maximum atomic E-state index is 12.2. The number of rotatable bonds is 5. The number of thioether (sulfide) groups is 1. The van der Waals surface area contributed by atoms with E-state index in [0.29, 0.717) is 18.8 Å². The van der Waals surface area contributed by atoms with Crippen molar-refractivity contribution < 1.29 is 9.53 Å². The third-order valence-electron chi connectivity index (χ3n) is 2.82. The van der Waals surface area contributed by atoms with Crippen molar-refractivity contribution in [1.82, 2.24) is 9.55 Å². The zero-order valence-corrected chi connectivity index (χ0v) is 13.4. The minimum absolute atomic E-state index is 0.327. The molecule has 0 aliphatic rings. The van der Waals surface area contributed by atoms with E-state index in [9.17, 15) is 4.79 Å². The second-order valence-corrected chi connectivity index (χ2v) is 5.96. The number of thiazole rings is 1. The van der Waals surface area contributed by atoms with Crippen LogP contribution in [0.5, 0.6) is 0 Å². The molecule has 2 heterocycles. The fourth-order valence-electron chi connectivity index (χ4n) is 2.06. The number of ether oxygens (including phenoxy) is 1. The molecule has 106 valence electrons. The van der Waals surface area contributed by atoms with Gasteiger partial charge in [0.1, 0.15) is 5.69 Å². The van der Waals surface area contributed by atoms with Crippen molar-refractivity contribution in [1.29, 1.82) is 0 Å². The van der Waals surface area contributed by atoms with E-state index < -0.39 is 0 Å². The highest BCUT2D eigenvalue weighted by Gasteiger charge is 2.24. The van der Waals surface area contributed by atoms with Gasteiger partial charge in [-0.25, -0.2) is 9.78 Å². The van der Waals surface area contributed by atoms with Gasteiger partial charge in [0.15, 0.2) is 9.99 Å². The first-order chi connectivity index (χ1) is 9.67. The maximum Gasteiger partial charge on any atom is 0.355 e. The van der Waals surface area contributed by atoms with Gasteiger partial charge in [-0.3, -0.25) is 0 Å². The number of carbonyl (C=O) groups excluding carboxylic acids is 1. The number of hydrogen-bond acceptors (Lipinski definition) is 5. The smallest absolute Gasteiger partial charge is 0.355 e. The van der Waals surface area contributed by atoms with Gasteiger partial charge in [-0.05, 0) is 26.2 Å². The molecular formula is C14H16N2O2S2. The van der Waals surface area contributed by atoms with Crippen LogP contribution >= 0.6 is 23.1 Å². The zero-order valence-electron chi connectivity index (χ0n) is 11.7. The van der Waals surface area contributed by atoms with Gasteiger partial charge in [0.25, 0.3) is 0 Å². The lowest BCUT2D eigenvalue weighted by molar-refractivity contribution is 0.0514. The molecule has 0 amide bonds. The van der Waals surface area contributed by atoms with Gasteiger partial charge in [-0.2, -0.15) is 0 Å². The summed E-state index contributed by atoms with van der Waals surface area (Å²) in [7, 11) is 0. The quantitative estimate of drug-likeness (QED) is 0.478. The molecule has 0 aliphatic heterocycles. The molecule has 0 unspecified atom stereocenters. The molecule has 0 aliphatic carbocycles. The van der Waals surface area contributed by atoms with Gasteiger partial charge < -0.3 is 9.30 Å². The zero-order chi connectivity index (χ0) is 14.7. The lowest BCUT2D eigenvalue weighted by Gasteiger charge is -2.07. The molecule has 0 bridgehead atoms. The number of carbonyl (C=O) groups is 1. The van der Waals surface area contributed by atoms with Crippen LogP contribution in [0.2, 0.25) is 0 Å². The van der Waals surface area contributed by atoms with Crippen molar-refractivity contribution in [3.63, 3.8) is 0 Å². The molecule has 0 spiro atoms. The largest absolute Gasteiger partial charge is 0.461 e. The fraction of sp³-hybridized carbons (Fsp3) is 0.357. The molecule has 4 nitrogen and oxygen atoms in total. The molecule has 0 N–H and O–H groups in total. The van der Waals surface area contributed by atoms with E-state index in [-0.39, 0.29) is 5.97 Å². The van der Waals surface area contributed by atoms with E-state index in [2.05, 4.69) is 17.3 Å². The number of aryl methyl sites for hydroxylation is 1. The highest BCUT2D eigenvalue weighted by Crippen LogP contribution is 2.35. The monoisotopic (exact) mass is 308 g/mol. The van der Waals surface area contributed by atoms with Gasteiger partial charge in [0, 0.05) is 12.1 Å². The van der Waals surface area contributed by atoms with Crippen LogP contribution in [0.3, 0.4) is 0 Å². The third kappa shape index (κ3) is 2.42. The van der Waals surface area contributed by atoms with Crippen LogP contribution in [-0.4, -0.2) is 28.4 Å². The Morgan fingerprint density at radius 1 is 1.60 bits per heavy atom. The van der Waals surface area contributed by atoms with Crippen LogP contribution in [-0.2, 0) is 11.3 Å². The Morgan fingerprint density at radius 2 is 2.35 bits per heavy atom. The van der Waals surface area contributed by atoms with E-state index in [1.54, 1.807) is 36.1 Å². The van der Waals surface area contributed by atoms with Gasteiger partial charge in [0.05, 0.1) is 11.3 Å². The van der Waals surface area contributed by atoms with Gasteiger partial charge in [-0.15, -0.1) is 17.1 Å². The molecule has 6 heteroatoms. The van der Waals surface area contributed by atoms with Crippen LogP contribution < -0.4 is 0 Å². The van der Waals surface area contributed by atoms with Crippen LogP contribution in [0.15, 0.2) is 16.6 Å². The molecule has 0 saturated carbocycles. The summed E-state index contributed by atoms with van der Waals surface area (Å²) >= 11 is 3.17. The molecule has 20 heavy (non-hydrogen) atoms. The number of aromatic nitrogens is 2. The van der Waals surface area contributed by atoms with E-state index in [4.69, 9.17) is 4.74 Å². The third-order valence-corrected chi connectivity index (χ3v) is 4.88. The van der Waals surface area contributed by atoms with Gasteiger partial charge in [-0.1, -0.05) is 18.3 Å². The molecule has 0 fully saturated rings. The molecule has 2 rings (SSSR count). The summed E-state index contributed by atoms with van der Waals surface area (Å²) in [6.45, 7) is 8.40. The van der Waals surface area contributed by atoms with E-state index in [1.807, 2.05) is 17.7 Å². The minimum Gasteiger partial charge on any atom is -0.461 e. The van der Waals surface area contributed by atoms with E-state index in [1.165, 1.54) is 0 Å². The first-order valence-corrected chi connectivity index (χ1v) is 8.31. The topological polar surface area (TPSA) is 44.1 Å². The predicted octanol–water partition coefficient (Wildman–Crippen LogP) is 3.81. The Labute approximate surface area is 126 Å². The maximum absolute atomic E-state index is 12.2. The highest BCUT2D eigenvalue weighted by molar-refractivity contribution is 8.00. The number of hydrogen-bond donors (Lipinski definition) is 0. The molecule has 0 atom stereocenters. The summed E-state index contributed by atoms with van der Waals surface area (Å²) in [5.74, 6) is -0.327. The number of fused-ring (bicyclic) bond motifs is 1. The number of nitrogens with zero attached hydrogens (tertiary/aromatic N) is 2. The molecule has 0 radical (unpaired) electrons. The lowest BCUT2D eigenvalue weighted by Crippen LogP contribution is -2.13. The first kappa shape index (κ1) is 14.9. The summed E-state index contributed by atoms with van der Waals surface area (Å²) in [6.07, 6.45) is 3.71. The lowest BCUT2D eigenvalue weighted by atomic mass is 10.2. The van der Waals surface area contributed by atoms with Crippen molar-refractivity contribution in [2.75, 3.05) is 12.9 Å². The summed E-state index contributed by atoms with van der Waals surface area (Å²) in [5.41, 5.74) is 4.91. The first-order valence-electron chi connectivity index (χ1n) is 6.27. The Kier molecular flexibility index (Phi) is 4.70. The van der Waals surface area contributed by atoms with Crippen molar-refractivity contribution in [2.24, 2.45) is 0 Å². The van der Waals surface area contributed by atoms with Crippen molar-refractivity contribution in [3.8, 4) is 0 Å².